The Morgan fingerprint density at radius 3 is 2.11 bits per heavy atom. The molecule has 3 N–H and O–H groups in total. The fraction of sp³-hybridized carbons (Fsp3) is 0.538. The third kappa shape index (κ3) is 7.35. The number of para-hydroxylation sites is 1. The molecular formula is C39H44F6N8O3. The molecule has 0 saturated carbocycles. The number of aromatic nitrogens is 3. The number of imidazole rings is 1. The highest BCUT2D eigenvalue weighted by Gasteiger charge is 2.43. The van der Waals surface area contributed by atoms with E-state index in [2.05, 4.69) is 19.8 Å². The molecule has 5 fully saturated rings. The van der Waals surface area contributed by atoms with E-state index in [-0.39, 0.29) is 30.4 Å². The van der Waals surface area contributed by atoms with Crippen LogP contribution in [-0.2, 0) is 28.4 Å². The SMILES string of the molecule is Nc1c(C(F)(F)F)cc(C[C@@H](CC(=O)N2CCC(n3c(=O)[nH]c4c5ccccc5ncc43)CC2)C(=O)N2CCN(C3CN4CCC3CC4)CC2)cc1C(F)(F)F. The third-order valence-electron chi connectivity index (χ3n) is 12.5. The Morgan fingerprint density at radius 2 is 1.50 bits per heavy atom. The summed E-state index contributed by atoms with van der Waals surface area (Å²) in [5.74, 6) is -1.55. The molecular weight excluding hydrogens is 742 g/mol. The molecule has 2 amide bonds. The number of likely N-dealkylation sites (tertiary alicyclic amines) is 1. The second-order valence-corrected chi connectivity index (χ2v) is 15.7. The molecule has 1 unspecified atom stereocenters. The Balaban J connectivity index is 1.01. The van der Waals surface area contributed by atoms with E-state index in [1.807, 2.05) is 24.3 Å². The second kappa shape index (κ2) is 14.7. The molecule has 17 heteroatoms. The van der Waals surface area contributed by atoms with E-state index < -0.39 is 59.7 Å². The van der Waals surface area contributed by atoms with Crippen molar-refractivity contribution in [3.63, 3.8) is 0 Å². The number of piperidine rings is 4. The quantitative estimate of drug-likeness (QED) is 0.196. The van der Waals surface area contributed by atoms with Crippen LogP contribution in [0.1, 0.15) is 54.8 Å². The minimum atomic E-state index is -5.18. The topological polar surface area (TPSA) is 124 Å². The number of halogens is 6. The van der Waals surface area contributed by atoms with Crippen LogP contribution in [0.5, 0.6) is 0 Å². The van der Waals surface area contributed by atoms with Crippen molar-refractivity contribution in [2.24, 2.45) is 11.8 Å². The lowest BCUT2D eigenvalue weighted by molar-refractivity contribution is -0.143. The van der Waals surface area contributed by atoms with Crippen molar-refractivity contribution in [2.45, 2.75) is 63.0 Å². The van der Waals surface area contributed by atoms with Gasteiger partial charge in [-0.3, -0.25) is 24.0 Å². The number of fused-ring (bicyclic) bond motifs is 6. The highest BCUT2D eigenvalue weighted by Crippen LogP contribution is 2.43. The number of nitrogens with zero attached hydrogens (tertiary/aromatic N) is 6. The highest BCUT2D eigenvalue weighted by molar-refractivity contribution is 6.01. The zero-order chi connectivity index (χ0) is 39.5. The number of nitrogens with one attached hydrogen (secondary N) is 1. The average Bonchev–Trinajstić information content (AvgIpc) is 3.53. The van der Waals surface area contributed by atoms with Crippen molar-refractivity contribution in [1.29, 1.82) is 0 Å². The van der Waals surface area contributed by atoms with Gasteiger partial charge < -0.3 is 25.4 Å². The Morgan fingerprint density at radius 1 is 0.857 bits per heavy atom. The van der Waals surface area contributed by atoms with Crippen molar-refractivity contribution in [3.8, 4) is 0 Å². The van der Waals surface area contributed by atoms with Gasteiger partial charge in [-0.1, -0.05) is 18.2 Å². The number of pyridine rings is 1. The van der Waals surface area contributed by atoms with Crippen LogP contribution in [-0.4, -0.2) is 111 Å². The van der Waals surface area contributed by atoms with Gasteiger partial charge in [0.1, 0.15) is 0 Å². The van der Waals surface area contributed by atoms with Crippen LogP contribution in [0, 0.1) is 11.8 Å². The highest BCUT2D eigenvalue weighted by atomic mass is 19.4. The average molecular weight is 787 g/mol. The summed E-state index contributed by atoms with van der Waals surface area (Å²) in [7, 11) is 0. The summed E-state index contributed by atoms with van der Waals surface area (Å²) in [6, 6.07) is 8.68. The van der Waals surface area contributed by atoms with Crippen LogP contribution in [0.25, 0.3) is 21.9 Å². The van der Waals surface area contributed by atoms with Gasteiger partial charge in [-0.05, 0) is 74.9 Å². The lowest BCUT2D eigenvalue weighted by atomic mass is 9.83. The van der Waals surface area contributed by atoms with Gasteiger partial charge in [0.05, 0.1) is 45.5 Å². The molecule has 7 heterocycles. The van der Waals surface area contributed by atoms with Gasteiger partial charge >= 0.3 is 18.0 Å². The first-order valence-electron chi connectivity index (χ1n) is 19.2. The number of alkyl halides is 6. The fourth-order valence-corrected chi connectivity index (χ4v) is 9.51. The molecule has 5 saturated heterocycles. The number of H-pyrrole nitrogens is 1. The predicted octanol–water partition coefficient (Wildman–Crippen LogP) is 5.15. The first-order chi connectivity index (χ1) is 26.7. The van der Waals surface area contributed by atoms with E-state index in [0.29, 0.717) is 74.1 Å². The molecule has 2 atom stereocenters. The monoisotopic (exact) mass is 786 g/mol. The summed E-state index contributed by atoms with van der Waals surface area (Å²) in [4.78, 5) is 56.8. The van der Waals surface area contributed by atoms with Crippen molar-refractivity contribution < 1.29 is 35.9 Å². The first-order valence-corrected chi connectivity index (χ1v) is 19.2. The maximum Gasteiger partial charge on any atom is 0.418 e. The zero-order valence-corrected chi connectivity index (χ0v) is 30.7. The summed E-state index contributed by atoms with van der Waals surface area (Å²) in [6.07, 6.45) is -6.56. The van der Waals surface area contributed by atoms with E-state index >= 15 is 0 Å². The minimum Gasteiger partial charge on any atom is -0.398 e. The third-order valence-corrected chi connectivity index (χ3v) is 12.5. The summed E-state index contributed by atoms with van der Waals surface area (Å²) < 4.78 is 85.5. The molecule has 11 nitrogen and oxygen atoms in total. The lowest BCUT2D eigenvalue weighted by Crippen LogP contribution is -2.61. The van der Waals surface area contributed by atoms with Crippen LogP contribution in [0.15, 0.2) is 47.4 Å². The lowest BCUT2D eigenvalue weighted by Gasteiger charge is -2.51. The number of nitrogens with two attached hydrogens (primary N) is 1. The molecule has 2 bridgehead atoms. The zero-order valence-electron chi connectivity index (χ0n) is 30.7. The van der Waals surface area contributed by atoms with E-state index in [0.717, 1.165) is 43.4 Å². The van der Waals surface area contributed by atoms with Crippen LogP contribution in [0.2, 0.25) is 0 Å². The minimum absolute atomic E-state index is 0.237. The van der Waals surface area contributed by atoms with Crippen molar-refractivity contribution in [2.75, 3.05) is 64.6 Å². The van der Waals surface area contributed by atoms with E-state index in [1.54, 1.807) is 20.6 Å². The molecule has 4 aromatic rings. The van der Waals surface area contributed by atoms with Gasteiger partial charge in [-0.25, -0.2) is 4.79 Å². The maximum absolute atomic E-state index is 14.2. The number of amides is 2. The van der Waals surface area contributed by atoms with Crippen molar-refractivity contribution in [1.82, 2.24) is 34.1 Å². The van der Waals surface area contributed by atoms with Crippen LogP contribution < -0.4 is 11.4 Å². The molecule has 300 valence electrons. The largest absolute Gasteiger partial charge is 0.418 e. The number of piperazine rings is 1. The molecule has 0 aliphatic carbocycles. The van der Waals surface area contributed by atoms with Crippen LogP contribution >= 0.6 is 0 Å². The molecule has 2 aromatic carbocycles. The molecule has 0 spiro atoms. The number of carbonyl (C=O) groups is 2. The Bertz CT molecular complexity index is 2140. The molecule has 9 rings (SSSR count). The molecule has 0 radical (unpaired) electrons. The summed E-state index contributed by atoms with van der Waals surface area (Å²) in [6.45, 7) is 5.46. The summed E-state index contributed by atoms with van der Waals surface area (Å²) in [5.41, 5.74) is 2.05. The molecule has 56 heavy (non-hydrogen) atoms. The van der Waals surface area contributed by atoms with E-state index in [9.17, 15) is 40.7 Å². The first kappa shape index (κ1) is 38.2. The van der Waals surface area contributed by atoms with Crippen LogP contribution in [0.3, 0.4) is 0 Å². The Kier molecular flexibility index (Phi) is 10.0. The number of aromatic amines is 1. The number of anilines is 1. The number of carbonyl (C=O) groups excluding carboxylic acids is 2. The van der Waals surface area contributed by atoms with Crippen molar-refractivity contribution >= 4 is 39.4 Å². The standard InChI is InChI=1S/C39H44F6N8O3/c40-38(41,42)28-18-23(19-29(34(28)46)39(43,44)45)17-25(36(55)52-15-13-50(14-16-52)32-22-49-9-5-24(32)6-10-49)20-33(54)51-11-7-26(8-12-51)53-31-21-47-30-4-2-1-3-27(30)35(31)48-37(53)56/h1-4,18-19,21,24-26,32H,5-17,20,22,46H2,(H,48,56)/t25-,32?/m0/s1. The number of benzene rings is 2. The predicted molar refractivity (Wildman–Crippen MR) is 196 cm³/mol. The van der Waals surface area contributed by atoms with Gasteiger partial charge in [0.15, 0.2) is 0 Å². The second-order valence-electron chi connectivity index (χ2n) is 15.7. The number of rotatable bonds is 7. The number of hydrogen-bond donors (Lipinski definition) is 2. The van der Waals surface area contributed by atoms with Gasteiger partial charge in [0.2, 0.25) is 11.8 Å². The smallest absolute Gasteiger partial charge is 0.398 e. The number of nitrogen functional groups attached to an aromatic ring is 1. The molecule has 5 aliphatic heterocycles. The van der Waals surface area contributed by atoms with E-state index in [1.165, 1.54) is 0 Å². The number of hydrogen-bond acceptors (Lipinski definition) is 7. The molecule has 5 aliphatic rings. The Labute approximate surface area is 318 Å². The Hall–Kier alpha value is -4.64. The summed E-state index contributed by atoms with van der Waals surface area (Å²) >= 11 is 0. The van der Waals surface area contributed by atoms with Crippen molar-refractivity contribution in [3.05, 3.63) is 69.8 Å². The normalized spacial score (nSPS) is 23.3. The van der Waals surface area contributed by atoms with Gasteiger partial charge in [-0.2, -0.15) is 26.3 Å². The maximum atomic E-state index is 14.2. The molecule has 2 aromatic heterocycles. The fourth-order valence-electron chi connectivity index (χ4n) is 9.51. The van der Waals surface area contributed by atoms with Gasteiger partial charge in [-0.15, -0.1) is 0 Å². The van der Waals surface area contributed by atoms with Crippen LogP contribution in [0.4, 0.5) is 32.0 Å². The van der Waals surface area contributed by atoms with E-state index in [4.69, 9.17) is 5.73 Å². The summed E-state index contributed by atoms with van der Waals surface area (Å²) in [5, 5.41) is 0.801. The van der Waals surface area contributed by atoms with Gasteiger partial charge in [0, 0.05) is 69.7 Å². The van der Waals surface area contributed by atoms with Gasteiger partial charge in [0.25, 0.3) is 0 Å².